The van der Waals surface area contributed by atoms with Crippen LogP contribution < -0.4 is 9.47 Å². The molecule has 0 aliphatic heterocycles. The molecule has 7 heteroatoms. The van der Waals surface area contributed by atoms with Crippen molar-refractivity contribution in [3.8, 4) is 22.9 Å². The molecule has 31 heavy (non-hydrogen) atoms. The molecule has 3 rings (SSSR count). The summed E-state index contributed by atoms with van der Waals surface area (Å²) in [5, 5.41) is 22.2. The van der Waals surface area contributed by atoms with E-state index in [1.54, 1.807) is 13.2 Å². The third-order valence-corrected chi connectivity index (χ3v) is 7.45. The highest BCUT2D eigenvalue weighted by Gasteiger charge is 2.24. The van der Waals surface area contributed by atoms with Gasteiger partial charge in [0.05, 0.1) is 13.7 Å². The first-order valence-corrected chi connectivity index (χ1v) is 13.0. The van der Waals surface area contributed by atoms with Crippen LogP contribution in [-0.4, -0.2) is 52.1 Å². The summed E-state index contributed by atoms with van der Waals surface area (Å²) < 4.78 is 11.4. The molecule has 1 N–H and O–H groups in total. The van der Waals surface area contributed by atoms with Gasteiger partial charge in [-0.3, -0.25) is 0 Å². The molecule has 0 fully saturated rings. The lowest BCUT2D eigenvalue weighted by atomic mass is 9.86. The number of ether oxygens (including phenoxy) is 2. The Morgan fingerprint density at radius 3 is 2.45 bits per heavy atom. The zero-order valence-electron chi connectivity index (χ0n) is 19.3. The monoisotopic (exact) mass is 443 g/mol. The number of aromatic nitrogens is 3. The van der Waals surface area contributed by atoms with Crippen molar-refractivity contribution in [3.05, 3.63) is 47.9 Å². The molecule has 6 nitrogen and oxygen atoms in total. The minimum atomic E-state index is -0.774. The first-order chi connectivity index (χ1) is 14.5. The summed E-state index contributed by atoms with van der Waals surface area (Å²) in [5.74, 6) is 2.63. The van der Waals surface area contributed by atoms with Gasteiger partial charge in [0.2, 0.25) is 0 Å². The minimum absolute atomic E-state index is 0.157. The van der Waals surface area contributed by atoms with Crippen LogP contribution in [-0.2, 0) is 5.41 Å². The maximum absolute atomic E-state index is 11.0. The third-order valence-electron chi connectivity index (χ3n) is 5.21. The fraction of sp³-hybridized carbons (Fsp3) is 0.417. The average molecular weight is 444 g/mol. The van der Waals surface area contributed by atoms with Crippen molar-refractivity contribution < 1.29 is 14.6 Å². The van der Waals surface area contributed by atoms with Crippen LogP contribution in [0, 0.1) is 0 Å². The summed E-state index contributed by atoms with van der Waals surface area (Å²) in [4.78, 5) is 1.46. The Morgan fingerprint density at radius 1 is 1.10 bits per heavy atom. The molecule has 2 aromatic carbocycles. The highest BCUT2D eigenvalue weighted by molar-refractivity contribution is 8.35. The molecule has 168 valence electrons. The van der Waals surface area contributed by atoms with E-state index in [1.807, 2.05) is 24.3 Å². The van der Waals surface area contributed by atoms with Crippen molar-refractivity contribution in [1.82, 2.24) is 15.0 Å². The van der Waals surface area contributed by atoms with Crippen LogP contribution in [0.25, 0.3) is 16.7 Å². The quantitative estimate of drug-likeness (QED) is 0.472. The fourth-order valence-corrected chi connectivity index (χ4v) is 4.26. The number of fused-ring (bicyclic) bond motifs is 1. The van der Waals surface area contributed by atoms with E-state index in [-0.39, 0.29) is 11.2 Å². The molecule has 0 saturated carbocycles. The molecule has 0 bridgehead atoms. The number of nitrogens with zero attached hydrogens (tertiary/aromatic N) is 3. The number of methoxy groups -OCH3 is 1. The zero-order chi connectivity index (χ0) is 22.8. The summed E-state index contributed by atoms with van der Waals surface area (Å²) in [6.07, 6.45) is 5.44. The molecule has 1 heterocycles. The van der Waals surface area contributed by atoms with Gasteiger partial charge in [-0.15, -0.1) is 15.0 Å². The molecule has 0 spiro atoms. The van der Waals surface area contributed by atoms with E-state index >= 15 is 0 Å². The SMILES string of the molecule is C=CS(C)(C)CCCOc1cc(-n2nc3ccc(OC)cc3n2)c(O)c(C(C)(C)C)c1. The molecule has 0 aliphatic carbocycles. The Bertz CT molecular complexity index is 1080. The number of rotatable bonds is 8. The largest absolute Gasteiger partial charge is 0.505 e. The molecule has 0 radical (unpaired) electrons. The average Bonchev–Trinajstić information content (AvgIpc) is 3.14. The Labute approximate surface area is 186 Å². The van der Waals surface area contributed by atoms with Gasteiger partial charge in [-0.25, -0.2) is 10.0 Å². The molecular weight excluding hydrogens is 410 g/mol. The lowest BCUT2D eigenvalue weighted by Crippen LogP contribution is -2.14. The van der Waals surface area contributed by atoms with Crippen molar-refractivity contribution in [3.63, 3.8) is 0 Å². The van der Waals surface area contributed by atoms with E-state index in [9.17, 15) is 5.11 Å². The molecule has 0 saturated heterocycles. The van der Waals surface area contributed by atoms with E-state index in [0.29, 0.717) is 29.3 Å². The van der Waals surface area contributed by atoms with Gasteiger partial charge in [0.25, 0.3) is 0 Å². The molecule has 0 amide bonds. The summed E-state index contributed by atoms with van der Waals surface area (Å²) in [7, 11) is 0.842. The highest BCUT2D eigenvalue weighted by atomic mass is 32.3. The van der Waals surface area contributed by atoms with Crippen LogP contribution in [0.1, 0.15) is 32.8 Å². The number of hydrogen-bond donors (Lipinski definition) is 1. The highest BCUT2D eigenvalue weighted by Crippen LogP contribution is 2.41. The lowest BCUT2D eigenvalue weighted by molar-refractivity contribution is 0.316. The van der Waals surface area contributed by atoms with E-state index < -0.39 is 10.0 Å². The predicted molar refractivity (Wildman–Crippen MR) is 130 cm³/mol. The van der Waals surface area contributed by atoms with E-state index in [1.165, 1.54) is 4.80 Å². The van der Waals surface area contributed by atoms with Gasteiger partial charge in [0, 0.05) is 17.7 Å². The summed E-state index contributed by atoms with van der Waals surface area (Å²) in [5.41, 5.74) is 2.42. The van der Waals surface area contributed by atoms with Gasteiger partial charge >= 0.3 is 0 Å². The summed E-state index contributed by atoms with van der Waals surface area (Å²) in [6.45, 7) is 10.7. The van der Waals surface area contributed by atoms with Gasteiger partial charge in [0.1, 0.15) is 34.0 Å². The maximum Gasteiger partial charge on any atom is 0.147 e. The minimum Gasteiger partial charge on any atom is -0.505 e. The maximum atomic E-state index is 11.0. The van der Waals surface area contributed by atoms with Gasteiger partial charge in [-0.1, -0.05) is 32.8 Å². The smallest absolute Gasteiger partial charge is 0.147 e. The molecule has 1 aromatic heterocycles. The molecule has 0 atom stereocenters. The van der Waals surface area contributed by atoms with Crippen molar-refractivity contribution in [1.29, 1.82) is 0 Å². The van der Waals surface area contributed by atoms with Crippen molar-refractivity contribution in [2.24, 2.45) is 0 Å². The Morgan fingerprint density at radius 2 is 1.81 bits per heavy atom. The second kappa shape index (κ2) is 8.83. The summed E-state index contributed by atoms with van der Waals surface area (Å²) in [6, 6.07) is 9.23. The lowest BCUT2D eigenvalue weighted by Gasteiger charge is -2.26. The first kappa shape index (κ1) is 23.0. The van der Waals surface area contributed by atoms with E-state index in [4.69, 9.17) is 9.47 Å². The second-order valence-electron chi connectivity index (χ2n) is 9.13. The van der Waals surface area contributed by atoms with Crippen LogP contribution in [0.4, 0.5) is 0 Å². The Hall–Kier alpha value is -2.67. The van der Waals surface area contributed by atoms with Crippen LogP contribution in [0.15, 0.2) is 42.3 Å². The van der Waals surface area contributed by atoms with E-state index in [2.05, 4.69) is 55.5 Å². The summed E-state index contributed by atoms with van der Waals surface area (Å²) >= 11 is 0. The molecule has 0 unspecified atom stereocenters. The molecule has 0 aliphatic rings. The van der Waals surface area contributed by atoms with Crippen LogP contribution in [0.5, 0.6) is 17.2 Å². The van der Waals surface area contributed by atoms with Gasteiger partial charge in [0.15, 0.2) is 0 Å². The number of hydrogen-bond acceptors (Lipinski definition) is 5. The Balaban J connectivity index is 1.95. The number of phenolic OH excluding ortho intramolecular Hbond substituents is 1. The molecular formula is C24H33N3O3S. The number of phenols is 1. The second-order valence-corrected chi connectivity index (χ2v) is 13.1. The van der Waals surface area contributed by atoms with Gasteiger partial charge in [-0.05, 0) is 48.3 Å². The normalized spacial score (nSPS) is 12.7. The topological polar surface area (TPSA) is 69.4 Å². The fourth-order valence-electron chi connectivity index (χ4n) is 3.23. The van der Waals surface area contributed by atoms with Crippen molar-refractivity contribution in [2.75, 3.05) is 32.0 Å². The van der Waals surface area contributed by atoms with Gasteiger partial charge < -0.3 is 14.6 Å². The van der Waals surface area contributed by atoms with Gasteiger partial charge in [-0.2, -0.15) is 0 Å². The van der Waals surface area contributed by atoms with Crippen molar-refractivity contribution in [2.45, 2.75) is 32.6 Å². The first-order valence-electron chi connectivity index (χ1n) is 10.3. The third kappa shape index (κ3) is 5.34. The number of aromatic hydroxyl groups is 1. The standard InChI is InChI=1S/C24H33N3O3S/c1-8-31(6,7)13-9-12-30-18-14-19(24(2,3)4)23(28)22(16-18)27-25-20-11-10-17(29-5)15-21(20)26-27/h8,10-11,14-16,28H,1,9,12-13H2,2-7H3. The van der Waals surface area contributed by atoms with Crippen molar-refractivity contribution >= 4 is 21.1 Å². The van der Waals surface area contributed by atoms with Crippen LogP contribution >= 0.6 is 10.0 Å². The number of benzene rings is 2. The molecule has 3 aromatic rings. The zero-order valence-corrected chi connectivity index (χ0v) is 20.1. The van der Waals surface area contributed by atoms with Crippen LogP contribution in [0.2, 0.25) is 0 Å². The van der Waals surface area contributed by atoms with Crippen LogP contribution in [0.3, 0.4) is 0 Å². The predicted octanol–water partition coefficient (Wildman–Crippen LogP) is 5.41. The van der Waals surface area contributed by atoms with E-state index in [0.717, 1.165) is 23.3 Å². The Kier molecular flexibility index (Phi) is 6.55.